The molecule has 2 aliphatic carbocycles. The maximum absolute atomic E-state index is 12.4. The van der Waals surface area contributed by atoms with E-state index in [0.717, 1.165) is 41.8 Å². The Balaban J connectivity index is 0.000000206. The summed E-state index contributed by atoms with van der Waals surface area (Å²) < 4.78 is 0. The van der Waals surface area contributed by atoms with Crippen LogP contribution in [0.25, 0.3) is 0 Å². The standard InChI is InChI=1S/C15H18ClNO.C7H8O/c16-12-7-5-11(6-8-12)15(9-10-15)14(18)17-13-3-1-2-4-13;8-6-7-4-2-1-3-5-7/h5-8,13H,1-4,9-10H2,(H,17,18);1-5,8H,6H2. The molecule has 2 fully saturated rings. The minimum absolute atomic E-state index is 0.140. The summed E-state index contributed by atoms with van der Waals surface area (Å²) in [5, 5.41) is 12.5. The van der Waals surface area contributed by atoms with Crippen LogP contribution < -0.4 is 5.32 Å². The number of benzene rings is 2. The Bertz CT molecular complexity index is 705. The van der Waals surface area contributed by atoms with E-state index in [9.17, 15) is 4.79 Å². The van der Waals surface area contributed by atoms with Crippen molar-refractivity contribution in [1.82, 2.24) is 5.32 Å². The van der Waals surface area contributed by atoms with Gasteiger partial charge in [0.15, 0.2) is 0 Å². The van der Waals surface area contributed by atoms with Crippen molar-refractivity contribution < 1.29 is 9.90 Å². The molecule has 2 aromatic carbocycles. The number of hydrogen-bond acceptors (Lipinski definition) is 2. The lowest BCUT2D eigenvalue weighted by Gasteiger charge is -2.19. The van der Waals surface area contributed by atoms with Crippen molar-refractivity contribution in [3.05, 3.63) is 70.7 Å². The highest BCUT2D eigenvalue weighted by atomic mass is 35.5. The molecule has 26 heavy (non-hydrogen) atoms. The second-order valence-corrected chi connectivity index (χ2v) is 7.62. The van der Waals surface area contributed by atoms with Crippen molar-refractivity contribution in [2.45, 2.75) is 56.6 Å². The number of carbonyl (C=O) groups is 1. The number of rotatable bonds is 4. The first-order valence-electron chi connectivity index (χ1n) is 9.36. The molecule has 2 N–H and O–H groups in total. The molecular weight excluding hydrogens is 346 g/mol. The van der Waals surface area contributed by atoms with Crippen molar-refractivity contribution in [3.63, 3.8) is 0 Å². The zero-order valence-electron chi connectivity index (χ0n) is 15.0. The highest BCUT2D eigenvalue weighted by Gasteiger charge is 2.51. The van der Waals surface area contributed by atoms with E-state index in [1.165, 1.54) is 12.8 Å². The molecule has 0 unspecified atom stereocenters. The van der Waals surface area contributed by atoms with Gasteiger partial charge in [0.2, 0.25) is 5.91 Å². The van der Waals surface area contributed by atoms with Crippen LogP contribution >= 0.6 is 11.6 Å². The number of aliphatic hydroxyl groups is 1. The van der Waals surface area contributed by atoms with Crippen LogP contribution in [-0.2, 0) is 16.8 Å². The fraction of sp³-hybridized carbons (Fsp3) is 0.409. The molecule has 0 radical (unpaired) electrons. The molecule has 0 saturated heterocycles. The number of nitrogens with one attached hydrogen (secondary N) is 1. The van der Waals surface area contributed by atoms with Gasteiger partial charge in [-0.3, -0.25) is 4.79 Å². The smallest absolute Gasteiger partial charge is 0.230 e. The molecule has 1 amide bonds. The number of aliphatic hydroxyl groups excluding tert-OH is 1. The zero-order chi connectivity index (χ0) is 18.4. The van der Waals surface area contributed by atoms with E-state index in [1.807, 2.05) is 54.6 Å². The first-order valence-corrected chi connectivity index (χ1v) is 9.74. The van der Waals surface area contributed by atoms with Crippen LogP contribution in [0.4, 0.5) is 0 Å². The van der Waals surface area contributed by atoms with E-state index in [4.69, 9.17) is 16.7 Å². The maximum Gasteiger partial charge on any atom is 0.230 e. The second-order valence-electron chi connectivity index (χ2n) is 7.19. The van der Waals surface area contributed by atoms with Gasteiger partial charge >= 0.3 is 0 Å². The third kappa shape index (κ3) is 4.66. The zero-order valence-corrected chi connectivity index (χ0v) is 15.7. The molecule has 2 aromatic rings. The third-order valence-corrected chi connectivity index (χ3v) is 5.55. The molecule has 0 bridgehead atoms. The Morgan fingerprint density at radius 2 is 1.65 bits per heavy atom. The Hall–Kier alpha value is -1.84. The second kappa shape index (κ2) is 8.70. The van der Waals surface area contributed by atoms with E-state index in [-0.39, 0.29) is 17.9 Å². The van der Waals surface area contributed by atoms with Crippen molar-refractivity contribution in [3.8, 4) is 0 Å². The number of carbonyl (C=O) groups excluding carboxylic acids is 1. The lowest BCUT2D eigenvalue weighted by molar-refractivity contribution is -0.124. The molecule has 0 aromatic heterocycles. The maximum atomic E-state index is 12.4. The summed E-state index contributed by atoms with van der Waals surface area (Å²) >= 11 is 5.90. The predicted molar refractivity (Wildman–Crippen MR) is 105 cm³/mol. The molecule has 0 aliphatic heterocycles. The third-order valence-electron chi connectivity index (χ3n) is 5.30. The Kier molecular flexibility index (Phi) is 6.33. The van der Waals surface area contributed by atoms with Gasteiger partial charge in [0.25, 0.3) is 0 Å². The van der Waals surface area contributed by atoms with Gasteiger partial charge in [0.1, 0.15) is 0 Å². The van der Waals surface area contributed by atoms with Gasteiger partial charge in [0.05, 0.1) is 12.0 Å². The molecular formula is C22H26ClNO2. The number of halogens is 1. The normalized spacial score (nSPS) is 17.9. The van der Waals surface area contributed by atoms with Gasteiger partial charge in [-0.15, -0.1) is 0 Å². The molecule has 0 atom stereocenters. The highest BCUT2D eigenvalue weighted by Crippen LogP contribution is 2.48. The van der Waals surface area contributed by atoms with Crippen LogP contribution in [0.1, 0.15) is 49.7 Å². The molecule has 2 saturated carbocycles. The quantitative estimate of drug-likeness (QED) is 0.824. The molecule has 0 spiro atoms. The van der Waals surface area contributed by atoms with Crippen molar-refractivity contribution in [1.29, 1.82) is 0 Å². The summed E-state index contributed by atoms with van der Waals surface area (Å²) in [7, 11) is 0. The van der Waals surface area contributed by atoms with E-state index in [0.29, 0.717) is 6.04 Å². The van der Waals surface area contributed by atoms with Gasteiger partial charge in [-0.05, 0) is 48.9 Å². The van der Waals surface area contributed by atoms with Gasteiger partial charge in [-0.25, -0.2) is 0 Å². The summed E-state index contributed by atoms with van der Waals surface area (Å²) in [4.78, 5) is 12.4. The summed E-state index contributed by atoms with van der Waals surface area (Å²) in [5.41, 5.74) is 1.82. The molecule has 2 aliphatic rings. The van der Waals surface area contributed by atoms with Crippen LogP contribution in [-0.4, -0.2) is 17.1 Å². The summed E-state index contributed by atoms with van der Waals surface area (Å²) in [5.74, 6) is 0.219. The van der Waals surface area contributed by atoms with E-state index in [1.54, 1.807) is 0 Å². The molecule has 138 valence electrons. The average molecular weight is 372 g/mol. The minimum Gasteiger partial charge on any atom is -0.392 e. The van der Waals surface area contributed by atoms with Crippen LogP contribution in [0.15, 0.2) is 54.6 Å². The molecule has 4 rings (SSSR count). The van der Waals surface area contributed by atoms with Crippen molar-refractivity contribution >= 4 is 17.5 Å². The van der Waals surface area contributed by atoms with Crippen LogP contribution in [0.5, 0.6) is 0 Å². The topological polar surface area (TPSA) is 49.3 Å². The van der Waals surface area contributed by atoms with Gasteiger partial charge in [-0.2, -0.15) is 0 Å². The highest BCUT2D eigenvalue weighted by molar-refractivity contribution is 6.30. The van der Waals surface area contributed by atoms with E-state index >= 15 is 0 Å². The molecule has 0 heterocycles. The Morgan fingerprint density at radius 3 is 2.15 bits per heavy atom. The SMILES string of the molecule is O=C(NC1CCCC1)C1(c2ccc(Cl)cc2)CC1.OCc1ccccc1. The van der Waals surface area contributed by atoms with Gasteiger partial charge in [-0.1, -0.05) is 66.9 Å². The lowest BCUT2D eigenvalue weighted by atomic mass is 9.94. The average Bonchev–Trinajstić information content (AvgIpc) is 3.34. The fourth-order valence-electron chi connectivity index (χ4n) is 3.52. The monoisotopic (exact) mass is 371 g/mol. The van der Waals surface area contributed by atoms with E-state index in [2.05, 4.69) is 5.32 Å². The summed E-state index contributed by atoms with van der Waals surface area (Å²) in [6.07, 6.45) is 6.71. The van der Waals surface area contributed by atoms with Crippen LogP contribution in [0.3, 0.4) is 0 Å². The Morgan fingerprint density at radius 1 is 1.04 bits per heavy atom. The molecule has 3 nitrogen and oxygen atoms in total. The van der Waals surface area contributed by atoms with Crippen molar-refractivity contribution in [2.24, 2.45) is 0 Å². The largest absolute Gasteiger partial charge is 0.392 e. The fourth-order valence-corrected chi connectivity index (χ4v) is 3.64. The van der Waals surface area contributed by atoms with Gasteiger partial charge < -0.3 is 10.4 Å². The Labute approximate surface area is 160 Å². The first-order chi connectivity index (χ1) is 12.6. The first kappa shape index (κ1) is 18.9. The lowest BCUT2D eigenvalue weighted by Crippen LogP contribution is -2.40. The summed E-state index contributed by atoms with van der Waals surface area (Å²) in [6, 6.07) is 17.7. The summed E-state index contributed by atoms with van der Waals surface area (Å²) in [6.45, 7) is 0.140. The van der Waals surface area contributed by atoms with Crippen LogP contribution in [0.2, 0.25) is 5.02 Å². The number of hydrogen-bond donors (Lipinski definition) is 2. The number of amides is 1. The molecule has 4 heteroatoms. The predicted octanol–water partition coefficient (Wildman–Crippen LogP) is 4.61. The van der Waals surface area contributed by atoms with Crippen molar-refractivity contribution in [2.75, 3.05) is 0 Å². The van der Waals surface area contributed by atoms with Crippen LogP contribution in [0, 0.1) is 0 Å². The van der Waals surface area contributed by atoms with Gasteiger partial charge in [0, 0.05) is 11.1 Å². The van der Waals surface area contributed by atoms with E-state index < -0.39 is 0 Å². The minimum atomic E-state index is -0.257.